The number of nitrogen functional groups attached to an aromatic ring is 11. The van der Waals surface area contributed by atoms with Gasteiger partial charge in [0.15, 0.2) is 0 Å². The third-order valence-corrected chi connectivity index (χ3v) is 15.8. The number of nitro benzene ring substituents is 1. The average molecular weight is 1460 g/mol. The van der Waals surface area contributed by atoms with E-state index in [9.17, 15) is 18.9 Å². The van der Waals surface area contributed by atoms with Crippen molar-refractivity contribution in [2.75, 3.05) is 63.1 Å². The largest absolute Gasteiger partial charge is 0.399 e. The summed E-state index contributed by atoms with van der Waals surface area (Å²) in [5, 5.41) is 20.8. The fourth-order valence-corrected chi connectivity index (χ4v) is 8.87. The summed E-state index contributed by atoms with van der Waals surface area (Å²) >= 11 is 25.8. The number of aliphatic hydroxyl groups excluding tert-OH is 1. The van der Waals surface area contributed by atoms with Gasteiger partial charge in [-0.15, -0.1) is 0 Å². The molecule has 0 spiro atoms. The van der Waals surface area contributed by atoms with Crippen molar-refractivity contribution in [2.24, 2.45) is 0 Å². The molecule has 0 fully saturated rings. The monoisotopic (exact) mass is 1450 g/mol. The van der Waals surface area contributed by atoms with Crippen LogP contribution < -0.4 is 63.1 Å². The van der Waals surface area contributed by atoms with Gasteiger partial charge in [-0.25, -0.2) is 8.78 Å². The first-order valence-corrected chi connectivity index (χ1v) is 31.7. The molecule has 0 atom stereocenters. The average Bonchev–Trinajstić information content (AvgIpc) is 1.23. The van der Waals surface area contributed by atoms with Crippen LogP contribution in [0.2, 0.25) is 20.1 Å². The van der Waals surface area contributed by atoms with Gasteiger partial charge < -0.3 is 68.2 Å². The number of anilines is 11. The number of hydrogen-bond donors (Lipinski definition) is 12. The highest BCUT2D eigenvalue weighted by Crippen LogP contribution is 2.28. The first kappa shape index (κ1) is 84.9. The lowest BCUT2D eigenvalue weighted by Gasteiger charge is -2.03. The van der Waals surface area contributed by atoms with Gasteiger partial charge in [-0.3, -0.25) is 10.1 Å². The predicted octanol–water partition coefficient (Wildman–Crippen LogP) is 19.3. The number of para-hydroxylation sites is 1. The van der Waals surface area contributed by atoms with Crippen LogP contribution in [-0.2, 0) is 6.61 Å². The zero-order valence-electron chi connectivity index (χ0n) is 56.5. The molecule has 0 aromatic heterocycles. The molecule has 10 rings (SSSR count). The lowest BCUT2D eigenvalue weighted by Crippen LogP contribution is -1.96. The maximum atomic E-state index is 12.6. The number of halogens is 7. The van der Waals surface area contributed by atoms with E-state index in [-0.39, 0.29) is 23.1 Å². The minimum atomic E-state index is -0.438. The highest BCUT2D eigenvalue weighted by atomic mass is 79.9. The van der Waals surface area contributed by atoms with Crippen LogP contribution >= 0.6 is 62.3 Å². The van der Waals surface area contributed by atoms with Crippen molar-refractivity contribution in [3.63, 3.8) is 0 Å². The Hall–Kier alpha value is -9.14. The second kappa shape index (κ2) is 42.3. The molecule has 514 valence electrons. The van der Waals surface area contributed by atoms with Crippen LogP contribution in [-0.4, -0.2) is 10.0 Å². The highest BCUT2D eigenvalue weighted by Gasteiger charge is 2.06. The van der Waals surface area contributed by atoms with Gasteiger partial charge in [-0.2, -0.15) is 0 Å². The van der Waals surface area contributed by atoms with Crippen LogP contribution in [0.5, 0.6) is 0 Å². The Morgan fingerprint density at radius 3 is 1.18 bits per heavy atom. The molecule has 0 aliphatic carbocycles. The number of rotatable bonds is 2. The smallest absolute Gasteiger partial charge is 0.269 e. The van der Waals surface area contributed by atoms with Crippen molar-refractivity contribution in [3.8, 4) is 0 Å². The number of nitrogens with two attached hydrogens (primary N) is 11. The van der Waals surface area contributed by atoms with E-state index >= 15 is 0 Å². The summed E-state index contributed by atoms with van der Waals surface area (Å²) in [6.07, 6.45) is 0. The summed E-state index contributed by atoms with van der Waals surface area (Å²) in [7, 11) is 0. The Kier molecular flexibility index (Phi) is 37.4. The molecular formula is C74H91BrCl4F2N12O3. The van der Waals surface area contributed by atoms with Crippen LogP contribution in [0.3, 0.4) is 0 Å². The Labute approximate surface area is 593 Å². The minimum Gasteiger partial charge on any atom is -0.399 e. The Morgan fingerprint density at radius 2 is 0.781 bits per heavy atom. The first-order valence-electron chi connectivity index (χ1n) is 29.4. The third kappa shape index (κ3) is 31.9. The molecule has 0 aliphatic heterocycles. The molecule has 10 aromatic rings. The molecule has 15 nitrogen and oxygen atoms in total. The fourth-order valence-electron chi connectivity index (χ4n) is 7.41. The van der Waals surface area contributed by atoms with Gasteiger partial charge in [-0.1, -0.05) is 100 Å². The van der Waals surface area contributed by atoms with Gasteiger partial charge in [0, 0.05) is 72.8 Å². The lowest BCUT2D eigenvalue weighted by molar-refractivity contribution is -0.384. The molecule has 0 amide bonds. The van der Waals surface area contributed by atoms with Gasteiger partial charge in [0.05, 0.1) is 38.0 Å². The molecule has 96 heavy (non-hydrogen) atoms. The molecule has 0 unspecified atom stereocenters. The number of nitrogens with zero attached hydrogens (tertiary/aromatic N) is 1. The molecule has 0 heterocycles. The van der Waals surface area contributed by atoms with E-state index in [1.54, 1.807) is 57.2 Å². The lowest BCUT2D eigenvalue weighted by atomic mass is 10.1. The van der Waals surface area contributed by atoms with Crippen LogP contribution in [0, 0.1) is 112 Å². The van der Waals surface area contributed by atoms with Gasteiger partial charge in [0.25, 0.3) is 5.69 Å². The van der Waals surface area contributed by atoms with Crippen molar-refractivity contribution in [2.45, 2.75) is 96.6 Å². The molecular weight excluding hydrogens is 1360 g/mol. The minimum absolute atomic E-state index is 0.0723. The summed E-state index contributed by atoms with van der Waals surface area (Å²) < 4.78 is 25.9. The second-order valence-corrected chi connectivity index (χ2v) is 24.7. The van der Waals surface area contributed by atoms with Gasteiger partial charge in [-0.05, 0) is 281 Å². The Bertz CT molecular complexity index is 3720. The number of non-ortho nitro benzene ring substituents is 1. The molecule has 0 radical (unpaired) electrons. The van der Waals surface area contributed by atoms with E-state index in [0.717, 1.165) is 88.0 Å². The molecule has 10 aromatic carbocycles. The molecule has 22 heteroatoms. The number of hydrogen-bond acceptors (Lipinski definition) is 14. The molecule has 0 bridgehead atoms. The van der Waals surface area contributed by atoms with Crippen molar-refractivity contribution >= 4 is 131 Å². The topological polar surface area (TPSA) is 350 Å². The number of aryl methyl sites for hydroxylation is 13. The summed E-state index contributed by atoms with van der Waals surface area (Å²) in [5.41, 5.74) is 83.3. The summed E-state index contributed by atoms with van der Waals surface area (Å²) in [6, 6.07) is 47.5. The van der Waals surface area contributed by atoms with Gasteiger partial charge in [0.1, 0.15) is 11.6 Å². The summed E-state index contributed by atoms with van der Waals surface area (Å²) in [4.78, 5) is 9.79. The Morgan fingerprint density at radius 1 is 0.375 bits per heavy atom. The molecule has 0 saturated carbocycles. The summed E-state index contributed by atoms with van der Waals surface area (Å²) in [6.45, 7) is 25.2. The first-order chi connectivity index (χ1) is 44.7. The van der Waals surface area contributed by atoms with E-state index < -0.39 is 10.7 Å². The van der Waals surface area contributed by atoms with E-state index in [1.807, 2.05) is 128 Å². The van der Waals surface area contributed by atoms with Crippen molar-refractivity contribution in [1.82, 2.24) is 0 Å². The Balaban J connectivity index is 0.000000534. The number of benzene rings is 10. The number of nitro groups is 1. The van der Waals surface area contributed by atoms with E-state index in [2.05, 4.69) is 41.9 Å². The number of aliphatic hydroxyl groups is 1. The zero-order chi connectivity index (χ0) is 73.4. The third-order valence-electron chi connectivity index (χ3n) is 13.9. The van der Waals surface area contributed by atoms with Crippen molar-refractivity contribution in [3.05, 3.63) is 288 Å². The van der Waals surface area contributed by atoms with Crippen LogP contribution in [0.25, 0.3) is 0 Å². The van der Waals surface area contributed by atoms with E-state index in [0.29, 0.717) is 49.7 Å². The standard InChI is InChI=1S/C8H10BrN.C8H12N2.C8H11NO.C8H11N.C7H7Cl2N.C7H7ClFN.C7H8ClN.C7H8FN.C7H8N2O2.C7H9N/c1-5-3-6(2)8(10)7(9)4-5;1-5-3-7(9)8(10)4-6(5)2;1-6-4-7(5-10)2-3-8(6)9;1-6-3-4-8(9)7(2)5-6;1-4-2-5(8)6(9)3-7(4)10;1-4-2-6(9)5(8)3-7(4)10;2*1-5-4-6(8)2-3-7(5)9;1-5-4-6(9(10)11)2-3-7(5)8;1-6-4-2-3-5-7(6)8/h3-4H,10H2,1-2H3;3-4H,9-10H2,1-2H3;2-4,10H,5,9H2,1H3;3-5H,9H2,1-2H3;2*2-3H,10H2,1H3;2*2-4H,9H2,1H3;2-4H,8H2,1H3;2-5H,8H2,1H3. The van der Waals surface area contributed by atoms with Crippen molar-refractivity contribution < 1.29 is 18.8 Å². The normalized spacial score (nSPS) is 9.68. The van der Waals surface area contributed by atoms with E-state index in [1.165, 1.54) is 64.7 Å². The van der Waals surface area contributed by atoms with Crippen molar-refractivity contribution in [1.29, 1.82) is 0 Å². The quantitative estimate of drug-likeness (QED) is 0.0435. The molecule has 23 N–H and O–H groups in total. The fraction of sp³-hybridized carbons (Fsp3) is 0.189. The SMILES string of the molecule is Cc1cc(C)c(N)c(Br)c1.Cc1cc(CO)ccc1N.Cc1cc(Cl)c(Cl)cc1N.Cc1cc(Cl)ccc1N.Cc1cc(F)c(Cl)cc1N.Cc1cc(F)ccc1N.Cc1cc(N)c(N)cc1C.Cc1cc([N+](=O)[O-])ccc1N.Cc1ccc(N)c(C)c1.Cc1ccccc1N. The van der Waals surface area contributed by atoms with Crippen LogP contribution in [0.4, 0.5) is 77.0 Å². The van der Waals surface area contributed by atoms with Gasteiger partial charge >= 0.3 is 0 Å². The van der Waals surface area contributed by atoms with Gasteiger partial charge in [0.2, 0.25) is 0 Å². The molecule has 0 aliphatic rings. The predicted molar refractivity (Wildman–Crippen MR) is 415 cm³/mol. The summed E-state index contributed by atoms with van der Waals surface area (Å²) in [5.74, 6) is -0.657. The van der Waals surface area contributed by atoms with Crippen LogP contribution in [0.15, 0.2) is 168 Å². The highest BCUT2D eigenvalue weighted by molar-refractivity contribution is 9.10. The maximum Gasteiger partial charge on any atom is 0.269 e. The zero-order valence-corrected chi connectivity index (χ0v) is 61.1. The van der Waals surface area contributed by atoms with Crippen LogP contribution in [0.1, 0.15) is 77.9 Å². The van der Waals surface area contributed by atoms with E-state index in [4.69, 9.17) is 115 Å². The molecule has 0 saturated heterocycles. The second-order valence-electron chi connectivity index (χ2n) is 22.2. The maximum absolute atomic E-state index is 12.6.